The molecule has 0 aromatic heterocycles. The normalized spacial score (nSPS) is 11.3. The summed E-state index contributed by atoms with van der Waals surface area (Å²) in [7, 11) is 0. The third-order valence-electron chi connectivity index (χ3n) is 2.69. The molecule has 3 heteroatoms. The Morgan fingerprint density at radius 2 is 1.88 bits per heavy atom. The maximum absolute atomic E-state index is 12.1. The number of hydrogen-bond acceptors (Lipinski definition) is 1. The number of benzene rings is 1. The standard InChI is InChI=1S/C14H20BrNO/c1-4-16(13(17)14(2,3)15)11-10-12-8-6-5-7-9-12/h5-9H,4,10-11H2,1-3H3. The van der Waals surface area contributed by atoms with Crippen LogP contribution in [0.3, 0.4) is 0 Å². The molecule has 94 valence electrons. The second-order valence-electron chi connectivity index (χ2n) is 4.59. The quantitative estimate of drug-likeness (QED) is 0.764. The highest BCUT2D eigenvalue weighted by Gasteiger charge is 2.27. The SMILES string of the molecule is CCN(CCc1ccccc1)C(=O)C(C)(C)Br. The van der Waals surface area contributed by atoms with Crippen LogP contribution in [0, 0.1) is 0 Å². The van der Waals surface area contributed by atoms with Gasteiger partial charge in [0.1, 0.15) is 0 Å². The van der Waals surface area contributed by atoms with Crippen LogP contribution in [0.15, 0.2) is 30.3 Å². The summed E-state index contributed by atoms with van der Waals surface area (Å²) < 4.78 is -0.473. The van der Waals surface area contributed by atoms with Crippen molar-refractivity contribution < 1.29 is 4.79 Å². The van der Waals surface area contributed by atoms with E-state index in [0.29, 0.717) is 0 Å². The number of rotatable bonds is 5. The highest BCUT2D eigenvalue weighted by molar-refractivity contribution is 9.10. The number of alkyl halides is 1. The number of nitrogens with zero attached hydrogens (tertiary/aromatic N) is 1. The van der Waals surface area contributed by atoms with Gasteiger partial charge in [0.05, 0.1) is 4.32 Å². The third-order valence-corrected chi connectivity index (χ3v) is 3.03. The van der Waals surface area contributed by atoms with Crippen molar-refractivity contribution in [3.8, 4) is 0 Å². The summed E-state index contributed by atoms with van der Waals surface area (Å²) in [5.41, 5.74) is 1.27. The molecule has 0 radical (unpaired) electrons. The van der Waals surface area contributed by atoms with E-state index < -0.39 is 4.32 Å². The van der Waals surface area contributed by atoms with Gasteiger partial charge in [-0.15, -0.1) is 0 Å². The Bertz CT molecular complexity index is 356. The van der Waals surface area contributed by atoms with Crippen LogP contribution in [0.2, 0.25) is 0 Å². The maximum Gasteiger partial charge on any atom is 0.238 e. The number of halogens is 1. The molecule has 0 bridgehead atoms. The first-order valence-electron chi connectivity index (χ1n) is 5.97. The predicted octanol–water partition coefficient (Wildman–Crippen LogP) is 3.25. The first-order valence-corrected chi connectivity index (χ1v) is 6.76. The first-order chi connectivity index (χ1) is 7.95. The molecule has 0 aliphatic rings. The minimum Gasteiger partial charge on any atom is -0.341 e. The monoisotopic (exact) mass is 297 g/mol. The molecule has 0 aliphatic heterocycles. The van der Waals surface area contributed by atoms with Crippen LogP contribution in [-0.4, -0.2) is 28.2 Å². The second kappa shape index (κ2) is 6.20. The largest absolute Gasteiger partial charge is 0.341 e. The molecule has 2 nitrogen and oxygen atoms in total. The molecule has 1 aromatic rings. The van der Waals surface area contributed by atoms with Gasteiger partial charge in [-0.3, -0.25) is 4.79 Å². The van der Waals surface area contributed by atoms with Gasteiger partial charge in [0.2, 0.25) is 5.91 Å². The molecular formula is C14H20BrNO. The molecule has 0 saturated heterocycles. The minimum absolute atomic E-state index is 0.149. The van der Waals surface area contributed by atoms with E-state index in [1.165, 1.54) is 5.56 Å². The van der Waals surface area contributed by atoms with Crippen LogP contribution >= 0.6 is 15.9 Å². The zero-order chi connectivity index (χ0) is 12.9. The Kier molecular flexibility index (Phi) is 5.19. The van der Waals surface area contributed by atoms with E-state index in [2.05, 4.69) is 28.1 Å². The molecule has 1 aromatic carbocycles. The van der Waals surface area contributed by atoms with Gasteiger partial charge in [-0.05, 0) is 32.8 Å². The van der Waals surface area contributed by atoms with E-state index in [4.69, 9.17) is 0 Å². The number of carbonyl (C=O) groups is 1. The minimum atomic E-state index is -0.473. The third kappa shape index (κ3) is 4.50. The molecule has 1 rings (SSSR count). The molecule has 0 heterocycles. The molecule has 0 fully saturated rings. The van der Waals surface area contributed by atoms with E-state index >= 15 is 0 Å². The van der Waals surface area contributed by atoms with Crippen LogP contribution < -0.4 is 0 Å². The Morgan fingerprint density at radius 1 is 1.29 bits per heavy atom. The van der Waals surface area contributed by atoms with Crippen molar-refractivity contribution in [1.29, 1.82) is 0 Å². The number of carbonyl (C=O) groups excluding carboxylic acids is 1. The maximum atomic E-state index is 12.1. The molecule has 17 heavy (non-hydrogen) atoms. The predicted molar refractivity (Wildman–Crippen MR) is 75.4 cm³/mol. The van der Waals surface area contributed by atoms with E-state index in [9.17, 15) is 4.79 Å². The topological polar surface area (TPSA) is 20.3 Å². The Hall–Kier alpha value is -0.830. The van der Waals surface area contributed by atoms with Crippen molar-refractivity contribution in [2.75, 3.05) is 13.1 Å². The van der Waals surface area contributed by atoms with Crippen molar-refractivity contribution in [2.45, 2.75) is 31.5 Å². The molecular weight excluding hydrogens is 278 g/mol. The van der Waals surface area contributed by atoms with E-state index in [1.54, 1.807) is 0 Å². The fourth-order valence-electron chi connectivity index (χ4n) is 1.69. The van der Waals surface area contributed by atoms with E-state index in [1.807, 2.05) is 43.9 Å². The first kappa shape index (κ1) is 14.2. The van der Waals surface area contributed by atoms with Crippen molar-refractivity contribution in [3.05, 3.63) is 35.9 Å². The Morgan fingerprint density at radius 3 is 2.35 bits per heavy atom. The summed E-state index contributed by atoms with van der Waals surface area (Å²) in [6.45, 7) is 7.32. The van der Waals surface area contributed by atoms with Crippen LogP contribution in [0.25, 0.3) is 0 Å². The van der Waals surface area contributed by atoms with Crippen molar-refractivity contribution in [2.24, 2.45) is 0 Å². The van der Waals surface area contributed by atoms with Gasteiger partial charge in [-0.1, -0.05) is 46.3 Å². The number of likely N-dealkylation sites (N-methyl/N-ethyl adjacent to an activating group) is 1. The summed E-state index contributed by atoms with van der Waals surface area (Å²) in [6, 6.07) is 10.3. The van der Waals surface area contributed by atoms with Gasteiger partial charge in [0.15, 0.2) is 0 Å². The second-order valence-corrected chi connectivity index (χ2v) is 6.58. The van der Waals surface area contributed by atoms with Crippen molar-refractivity contribution >= 4 is 21.8 Å². The summed E-state index contributed by atoms with van der Waals surface area (Å²) >= 11 is 3.42. The fraction of sp³-hybridized carbons (Fsp3) is 0.500. The molecule has 0 N–H and O–H groups in total. The van der Waals surface area contributed by atoms with Gasteiger partial charge >= 0.3 is 0 Å². The lowest BCUT2D eigenvalue weighted by molar-refractivity contribution is -0.132. The zero-order valence-corrected chi connectivity index (χ0v) is 12.3. The lowest BCUT2D eigenvalue weighted by Crippen LogP contribution is -2.42. The number of amides is 1. The average molecular weight is 298 g/mol. The van der Waals surface area contributed by atoms with Gasteiger partial charge in [0.25, 0.3) is 0 Å². The Labute approximate surface area is 112 Å². The molecule has 0 aliphatic carbocycles. The summed E-state index contributed by atoms with van der Waals surface area (Å²) in [5.74, 6) is 0.149. The van der Waals surface area contributed by atoms with E-state index in [-0.39, 0.29) is 5.91 Å². The molecule has 0 spiro atoms. The molecule has 0 unspecified atom stereocenters. The summed E-state index contributed by atoms with van der Waals surface area (Å²) in [6.07, 6.45) is 0.906. The fourth-order valence-corrected chi connectivity index (χ4v) is 1.94. The van der Waals surface area contributed by atoms with Gasteiger partial charge in [-0.2, -0.15) is 0 Å². The van der Waals surface area contributed by atoms with Gasteiger partial charge < -0.3 is 4.90 Å². The van der Waals surface area contributed by atoms with Gasteiger partial charge in [0, 0.05) is 13.1 Å². The lowest BCUT2D eigenvalue weighted by Gasteiger charge is -2.27. The molecule has 1 amide bonds. The van der Waals surface area contributed by atoms with Crippen molar-refractivity contribution in [3.63, 3.8) is 0 Å². The summed E-state index contributed by atoms with van der Waals surface area (Å²) in [5, 5.41) is 0. The lowest BCUT2D eigenvalue weighted by atomic mass is 10.1. The van der Waals surface area contributed by atoms with Gasteiger partial charge in [-0.25, -0.2) is 0 Å². The van der Waals surface area contributed by atoms with Crippen LogP contribution in [0.5, 0.6) is 0 Å². The van der Waals surface area contributed by atoms with Crippen LogP contribution in [0.1, 0.15) is 26.3 Å². The average Bonchev–Trinajstić information content (AvgIpc) is 2.30. The van der Waals surface area contributed by atoms with Crippen molar-refractivity contribution in [1.82, 2.24) is 4.90 Å². The molecule has 0 saturated carbocycles. The van der Waals surface area contributed by atoms with E-state index in [0.717, 1.165) is 19.5 Å². The van der Waals surface area contributed by atoms with Crippen LogP contribution in [0.4, 0.5) is 0 Å². The number of hydrogen-bond donors (Lipinski definition) is 0. The molecule has 0 atom stereocenters. The summed E-state index contributed by atoms with van der Waals surface area (Å²) in [4.78, 5) is 14.0. The highest BCUT2D eigenvalue weighted by Crippen LogP contribution is 2.19. The zero-order valence-electron chi connectivity index (χ0n) is 10.7. The highest BCUT2D eigenvalue weighted by atomic mass is 79.9. The van der Waals surface area contributed by atoms with Crippen LogP contribution in [-0.2, 0) is 11.2 Å². The Balaban J connectivity index is 2.57. The smallest absolute Gasteiger partial charge is 0.238 e.